The molecular weight excluding hydrogens is 391 g/mol. The van der Waals surface area contributed by atoms with Gasteiger partial charge in [-0.15, -0.1) is 0 Å². The van der Waals surface area contributed by atoms with Gasteiger partial charge in [-0.25, -0.2) is 0 Å². The average molecular weight is 422 g/mol. The number of hydrogen-bond donors (Lipinski definition) is 1. The van der Waals surface area contributed by atoms with E-state index in [1.165, 1.54) is 17.2 Å². The summed E-state index contributed by atoms with van der Waals surface area (Å²) in [5.41, 5.74) is 3.38. The Morgan fingerprint density at radius 1 is 0.867 bits per heavy atom. The number of alkyl halides is 3. The summed E-state index contributed by atoms with van der Waals surface area (Å²) >= 11 is 0. The number of piperazine rings is 1. The van der Waals surface area contributed by atoms with Gasteiger partial charge < -0.3 is 15.0 Å². The van der Waals surface area contributed by atoms with Crippen LogP contribution in [0.4, 0.5) is 13.2 Å². The molecule has 30 heavy (non-hydrogen) atoms. The Morgan fingerprint density at radius 3 is 2.17 bits per heavy atom. The standard InChI is InChI=1S/C23H30F3N3O/c1-2-28-10-12-29(13-11-28)17-20-8-6-19(7-9-20)15-27-16-21-4-3-5-22(14-21)30-18-23(24,25)26/h3-9,14,27H,2,10-13,15-18H2,1H3. The summed E-state index contributed by atoms with van der Waals surface area (Å²) in [6.45, 7) is 8.81. The van der Waals surface area contributed by atoms with E-state index in [4.69, 9.17) is 4.74 Å². The van der Waals surface area contributed by atoms with Crippen LogP contribution in [0, 0.1) is 0 Å². The smallest absolute Gasteiger partial charge is 0.422 e. The van der Waals surface area contributed by atoms with Crippen LogP contribution in [0.25, 0.3) is 0 Å². The molecule has 2 aromatic carbocycles. The first-order valence-electron chi connectivity index (χ1n) is 10.4. The van der Waals surface area contributed by atoms with E-state index in [1.807, 2.05) is 6.07 Å². The van der Waals surface area contributed by atoms with Crippen molar-refractivity contribution in [1.82, 2.24) is 15.1 Å². The molecule has 0 atom stereocenters. The number of hydrogen-bond acceptors (Lipinski definition) is 4. The van der Waals surface area contributed by atoms with E-state index in [-0.39, 0.29) is 5.75 Å². The number of ether oxygens (including phenoxy) is 1. The van der Waals surface area contributed by atoms with Gasteiger partial charge in [-0.3, -0.25) is 4.90 Å². The van der Waals surface area contributed by atoms with Crippen LogP contribution in [0.5, 0.6) is 5.75 Å². The van der Waals surface area contributed by atoms with Gasteiger partial charge >= 0.3 is 6.18 Å². The monoisotopic (exact) mass is 421 g/mol. The summed E-state index contributed by atoms with van der Waals surface area (Å²) in [5, 5.41) is 3.34. The van der Waals surface area contributed by atoms with Crippen molar-refractivity contribution >= 4 is 0 Å². The van der Waals surface area contributed by atoms with Crippen molar-refractivity contribution in [2.75, 3.05) is 39.3 Å². The van der Waals surface area contributed by atoms with Crippen LogP contribution in [-0.2, 0) is 19.6 Å². The van der Waals surface area contributed by atoms with Crippen LogP contribution >= 0.6 is 0 Å². The molecule has 0 aromatic heterocycles. The van der Waals surface area contributed by atoms with Crippen molar-refractivity contribution in [2.24, 2.45) is 0 Å². The minimum atomic E-state index is -4.33. The van der Waals surface area contributed by atoms with Crippen LogP contribution in [0.1, 0.15) is 23.6 Å². The summed E-state index contributed by atoms with van der Waals surface area (Å²) in [6.07, 6.45) is -4.33. The van der Waals surface area contributed by atoms with E-state index in [0.29, 0.717) is 13.1 Å². The normalized spacial score (nSPS) is 16.0. The van der Waals surface area contributed by atoms with Crippen molar-refractivity contribution in [3.8, 4) is 5.75 Å². The number of nitrogens with one attached hydrogen (secondary N) is 1. The Morgan fingerprint density at radius 2 is 1.50 bits per heavy atom. The summed E-state index contributed by atoms with van der Waals surface area (Å²) in [7, 11) is 0. The maximum atomic E-state index is 12.3. The van der Waals surface area contributed by atoms with Gasteiger partial charge in [0, 0.05) is 45.8 Å². The maximum absolute atomic E-state index is 12.3. The molecule has 4 nitrogen and oxygen atoms in total. The van der Waals surface area contributed by atoms with Gasteiger partial charge in [0.25, 0.3) is 0 Å². The van der Waals surface area contributed by atoms with Gasteiger partial charge in [-0.1, -0.05) is 43.3 Å². The summed E-state index contributed by atoms with van der Waals surface area (Å²) in [6, 6.07) is 15.4. The van der Waals surface area contributed by atoms with Gasteiger partial charge in [-0.2, -0.15) is 13.2 Å². The lowest BCUT2D eigenvalue weighted by atomic mass is 10.1. The summed E-state index contributed by atoms with van der Waals surface area (Å²) in [4.78, 5) is 4.97. The number of benzene rings is 2. The molecule has 1 saturated heterocycles. The van der Waals surface area contributed by atoms with E-state index in [0.717, 1.165) is 44.8 Å². The number of nitrogens with zero attached hydrogens (tertiary/aromatic N) is 2. The van der Waals surface area contributed by atoms with Crippen LogP contribution in [0.3, 0.4) is 0 Å². The molecule has 1 aliphatic rings. The minimum Gasteiger partial charge on any atom is -0.484 e. The molecule has 0 unspecified atom stereocenters. The van der Waals surface area contributed by atoms with E-state index in [9.17, 15) is 13.2 Å². The topological polar surface area (TPSA) is 27.7 Å². The fourth-order valence-corrected chi connectivity index (χ4v) is 3.55. The van der Waals surface area contributed by atoms with Gasteiger partial charge in [0.1, 0.15) is 5.75 Å². The molecule has 0 bridgehead atoms. The number of likely N-dealkylation sites (N-methyl/N-ethyl adjacent to an activating group) is 1. The van der Waals surface area contributed by atoms with Gasteiger partial charge in [-0.05, 0) is 35.4 Å². The minimum absolute atomic E-state index is 0.232. The van der Waals surface area contributed by atoms with E-state index >= 15 is 0 Å². The van der Waals surface area contributed by atoms with Crippen molar-refractivity contribution in [3.05, 3.63) is 65.2 Å². The number of rotatable bonds is 9. The lowest BCUT2D eigenvalue weighted by Crippen LogP contribution is -2.45. The van der Waals surface area contributed by atoms with Crippen molar-refractivity contribution in [1.29, 1.82) is 0 Å². The first kappa shape index (κ1) is 22.6. The van der Waals surface area contributed by atoms with Gasteiger partial charge in [0.05, 0.1) is 0 Å². The first-order valence-corrected chi connectivity index (χ1v) is 10.4. The lowest BCUT2D eigenvalue weighted by Gasteiger charge is -2.34. The first-order chi connectivity index (χ1) is 14.4. The highest BCUT2D eigenvalue weighted by Gasteiger charge is 2.28. The van der Waals surface area contributed by atoms with Gasteiger partial charge in [0.2, 0.25) is 0 Å². The average Bonchev–Trinajstić information content (AvgIpc) is 2.74. The van der Waals surface area contributed by atoms with E-state index < -0.39 is 12.8 Å². The lowest BCUT2D eigenvalue weighted by molar-refractivity contribution is -0.153. The quantitative estimate of drug-likeness (QED) is 0.661. The Balaban J connectivity index is 1.41. The highest BCUT2D eigenvalue weighted by Crippen LogP contribution is 2.19. The van der Waals surface area contributed by atoms with Crippen molar-refractivity contribution in [2.45, 2.75) is 32.7 Å². The zero-order valence-electron chi connectivity index (χ0n) is 17.4. The van der Waals surface area contributed by atoms with Crippen molar-refractivity contribution in [3.63, 3.8) is 0 Å². The highest BCUT2D eigenvalue weighted by molar-refractivity contribution is 5.28. The van der Waals surface area contributed by atoms with Crippen LogP contribution in [0.15, 0.2) is 48.5 Å². The zero-order valence-corrected chi connectivity index (χ0v) is 17.4. The van der Waals surface area contributed by atoms with Crippen molar-refractivity contribution < 1.29 is 17.9 Å². The van der Waals surface area contributed by atoms with Crippen LogP contribution < -0.4 is 10.1 Å². The highest BCUT2D eigenvalue weighted by atomic mass is 19.4. The molecule has 0 saturated carbocycles. The molecule has 0 amide bonds. The fraction of sp³-hybridized carbons (Fsp3) is 0.478. The molecule has 0 spiro atoms. The SMILES string of the molecule is CCN1CCN(Cc2ccc(CNCc3cccc(OCC(F)(F)F)c3)cc2)CC1. The molecule has 0 radical (unpaired) electrons. The predicted molar refractivity (Wildman–Crippen MR) is 112 cm³/mol. The molecule has 164 valence electrons. The Labute approximate surface area is 176 Å². The second-order valence-electron chi connectivity index (χ2n) is 7.68. The third kappa shape index (κ3) is 7.63. The number of halogens is 3. The largest absolute Gasteiger partial charge is 0.484 e. The van der Waals surface area contributed by atoms with E-state index in [2.05, 4.69) is 46.3 Å². The molecule has 2 aromatic rings. The molecule has 3 rings (SSSR count). The summed E-state index contributed by atoms with van der Waals surface area (Å²) < 4.78 is 41.6. The Kier molecular flexibility index (Phi) is 8.13. The molecule has 1 aliphatic heterocycles. The molecule has 7 heteroatoms. The predicted octanol–water partition coefficient (Wildman–Crippen LogP) is 4.06. The van der Waals surface area contributed by atoms with Gasteiger partial charge in [0.15, 0.2) is 6.61 Å². The second kappa shape index (κ2) is 10.8. The molecule has 1 heterocycles. The zero-order chi connectivity index (χ0) is 21.4. The third-order valence-corrected chi connectivity index (χ3v) is 5.30. The Bertz CT molecular complexity index is 772. The van der Waals surface area contributed by atoms with Crippen LogP contribution in [0.2, 0.25) is 0 Å². The Hall–Kier alpha value is -2.09. The molecular formula is C23H30F3N3O. The fourth-order valence-electron chi connectivity index (χ4n) is 3.55. The molecule has 1 N–H and O–H groups in total. The third-order valence-electron chi connectivity index (χ3n) is 5.30. The molecule has 0 aliphatic carbocycles. The summed E-state index contributed by atoms with van der Waals surface area (Å²) in [5.74, 6) is 0.232. The van der Waals surface area contributed by atoms with E-state index in [1.54, 1.807) is 12.1 Å². The molecule has 1 fully saturated rings. The maximum Gasteiger partial charge on any atom is 0.422 e. The second-order valence-corrected chi connectivity index (χ2v) is 7.68. The van der Waals surface area contributed by atoms with Crippen LogP contribution in [-0.4, -0.2) is 55.3 Å².